The van der Waals surface area contributed by atoms with Crippen molar-refractivity contribution in [1.29, 1.82) is 0 Å². The van der Waals surface area contributed by atoms with Crippen LogP contribution in [0.15, 0.2) is 18.3 Å². The molecule has 0 aromatic carbocycles. The average molecular weight is 205 g/mol. The second-order valence-corrected chi connectivity index (χ2v) is 4.53. The predicted molar refractivity (Wildman–Crippen MR) is 60.9 cm³/mol. The van der Waals surface area contributed by atoms with Gasteiger partial charge in [-0.05, 0) is 36.8 Å². The van der Waals surface area contributed by atoms with Crippen molar-refractivity contribution in [2.45, 2.75) is 45.1 Å². The average Bonchev–Trinajstić information content (AvgIpc) is 2.30. The van der Waals surface area contributed by atoms with Crippen molar-refractivity contribution in [3.8, 4) is 0 Å². The number of ether oxygens (including phenoxy) is 1. The van der Waals surface area contributed by atoms with Crippen LogP contribution in [0.2, 0.25) is 0 Å². The zero-order valence-electron chi connectivity index (χ0n) is 9.57. The van der Waals surface area contributed by atoms with Gasteiger partial charge in [-0.3, -0.25) is 4.98 Å². The minimum absolute atomic E-state index is 0.236. The first-order chi connectivity index (χ1) is 7.27. The molecule has 0 amide bonds. The van der Waals surface area contributed by atoms with E-state index in [1.165, 1.54) is 18.4 Å². The monoisotopic (exact) mass is 205 g/mol. The minimum Gasteiger partial charge on any atom is -0.372 e. The first-order valence-corrected chi connectivity index (χ1v) is 5.85. The number of aromatic nitrogens is 1. The summed E-state index contributed by atoms with van der Waals surface area (Å²) in [6, 6.07) is 4.29. The van der Waals surface area contributed by atoms with Gasteiger partial charge in [-0.1, -0.05) is 19.9 Å². The van der Waals surface area contributed by atoms with E-state index in [1.54, 1.807) is 0 Å². The van der Waals surface area contributed by atoms with Crippen molar-refractivity contribution in [1.82, 2.24) is 4.98 Å². The van der Waals surface area contributed by atoms with E-state index in [-0.39, 0.29) is 6.10 Å². The van der Waals surface area contributed by atoms with Gasteiger partial charge in [0, 0.05) is 12.8 Å². The summed E-state index contributed by atoms with van der Waals surface area (Å²) in [6.07, 6.45) is 5.80. The molecule has 2 heterocycles. The standard InChI is InChI=1S/C13H19NO/c1-10(2)11-6-7-12(14-9-11)13-5-3-4-8-15-13/h6-7,9-10,13H,3-5,8H2,1-2H3. The summed E-state index contributed by atoms with van der Waals surface area (Å²) in [5, 5.41) is 0. The van der Waals surface area contributed by atoms with E-state index >= 15 is 0 Å². The van der Waals surface area contributed by atoms with Crippen LogP contribution in [0, 0.1) is 0 Å². The SMILES string of the molecule is CC(C)c1ccc(C2CCCCO2)nc1. The van der Waals surface area contributed by atoms with Crippen molar-refractivity contribution in [3.05, 3.63) is 29.6 Å². The Morgan fingerprint density at radius 2 is 2.20 bits per heavy atom. The van der Waals surface area contributed by atoms with Gasteiger partial charge in [0.25, 0.3) is 0 Å². The Hall–Kier alpha value is -0.890. The van der Waals surface area contributed by atoms with Crippen molar-refractivity contribution in [2.75, 3.05) is 6.61 Å². The highest BCUT2D eigenvalue weighted by Crippen LogP contribution is 2.26. The summed E-state index contributed by atoms with van der Waals surface area (Å²) in [5.74, 6) is 0.554. The molecule has 1 fully saturated rings. The van der Waals surface area contributed by atoms with Gasteiger partial charge in [-0.15, -0.1) is 0 Å². The third kappa shape index (κ3) is 2.57. The van der Waals surface area contributed by atoms with Crippen LogP contribution in [-0.2, 0) is 4.74 Å². The Morgan fingerprint density at radius 3 is 2.73 bits per heavy atom. The highest BCUT2D eigenvalue weighted by atomic mass is 16.5. The normalized spacial score (nSPS) is 21.9. The molecular weight excluding hydrogens is 186 g/mol. The fourth-order valence-electron chi connectivity index (χ4n) is 1.92. The zero-order valence-corrected chi connectivity index (χ0v) is 9.57. The zero-order chi connectivity index (χ0) is 10.7. The lowest BCUT2D eigenvalue weighted by atomic mass is 10.0. The van der Waals surface area contributed by atoms with Gasteiger partial charge >= 0.3 is 0 Å². The topological polar surface area (TPSA) is 22.1 Å². The molecule has 1 atom stereocenters. The molecular formula is C13H19NO. The van der Waals surface area contributed by atoms with E-state index < -0.39 is 0 Å². The molecule has 1 saturated heterocycles. The van der Waals surface area contributed by atoms with Gasteiger partial charge in [0.2, 0.25) is 0 Å². The molecule has 1 aromatic heterocycles. The van der Waals surface area contributed by atoms with Gasteiger partial charge in [0.15, 0.2) is 0 Å². The highest BCUT2D eigenvalue weighted by molar-refractivity contribution is 5.18. The van der Waals surface area contributed by atoms with Crippen LogP contribution in [0.25, 0.3) is 0 Å². The Bertz CT molecular complexity index is 299. The molecule has 1 aromatic rings. The molecule has 82 valence electrons. The quantitative estimate of drug-likeness (QED) is 0.737. The molecule has 1 aliphatic heterocycles. The number of nitrogens with zero attached hydrogens (tertiary/aromatic N) is 1. The summed E-state index contributed by atoms with van der Waals surface area (Å²) in [6.45, 7) is 5.26. The Balaban J connectivity index is 2.08. The molecule has 1 unspecified atom stereocenters. The van der Waals surface area contributed by atoms with Crippen LogP contribution in [0.3, 0.4) is 0 Å². The molecule has 2 rings (SSSR count). The molecule has 0 bridgehead atoms. The molecule has 0 radical (unpaired) electrons. The summed E-state index contributed by atoms with van der Waals surface area (Å²) in [4.78, 5) is 4.50. The summed E-state index contributed by atoms with van der Waals surface area (Å²) in [7, 11) is 0. The lowest BCUT2D eigenvalue weighted by Crippen LogP contribution is -2.12. The lowest BCUT2D eigenvalue weighted by Gasteiger charge is -2.22. The predicted octanol–water partition coefficient (Wildman–Crippen LogP) is 3.45. The fourth-order valence-corrected chi connectivity index (χ4v) is 1.92. The van der Waals surface area contributed by atoms with E-state index in [2.05, 4.69) is 31.0 Å². The third-order valence-corrected chi connectivity index (χ3v) is 2.99. The molecule has 1 aliphatic rings. The van der Waals surface area contributed by atoms with Crippen LogP contribution in [0.1, 0.15) is 56.4 Å². The maximum Gasteiger partial charge on any atom is 0.0994 e. The van der Waals surface area contributed by atoms with E-state index in [0.29, 0.717) is 5.92 Å². The third-order valence-electron chi connectivity index (χ3n) is 2.99. The molecule has 2 nitrogen and oxygen atoms in total. The van der Waals surface area contributed by atoms with Crippen molar-refractivity contribution >= 4 is 0 Å². The van der Waals surface area contributed by atoms with Crippen LogP contribution in [-0.4, -0.2) is 11.6 Å². The second kappa shape index (κ2) is 4.75. The van der Waals surface area contributed by atoms with Gasteiger partial charge in [-0.2, -0.15) is 0 Å². The fraction of sp³-hybridized carbons (Fsp3) is 0.615. The molecule has 0 N–H and O–H groups in total. The number of rotatable bonds is 2. The van der Waals surface area contributed by atoms with Crippen LogP contribution in [0.4, 0.5) is 0 Å². The Labute approximate surface area is 91.7 Å². The second-order valence-electron chi connectivity index (χ2n) is 4.53. The van der Waals surface area contributed by atoms with Crippen LogP contribution in [0.5, 0.6) is 0 Å². The van der Waals surface area contributed by atoms with Gasteiger partial charge in [0.05, 0.1) is 11.8 Å². The van der Waals surface area contributed by atoms with E-state index in [0.717, 1.165) is 18.7 Å². The summed E-state index contributed by atoms with van der Waals surface area (Å²) < 4.78 is 5.70. The number of hydrogen-bond acceptors (Lipinski definition) is 2. The first kappa shape index (κ1) is 10.6. The molecule has 0 aliphatic carbocycles. The van der Waals surface area contributed by atoms with Gasteiger partial charge < -0.3 is 4.74 Å². The summed E-state index contributed by atoms with van der Waals surface area (Å²) >= 11 is 0. The largest absolute Gasteiger partial charge is 0.372 e. The van der Waals surface area contributed by atoms with E-state index in [9.17, 15) is 0 Å². The molecule has 2 heteroatoms. The van der Waals surface area contributed by atoms with Crippen molar-refractivity contribution in [2.24, 2.45) is 0 Å². The molecule has 15 heavy (non-hydrogen) atoms. The number of hydrogen-bond donors (Lipinski definition) is 0. The van der Waals surface area contributed by atoms with Crippen molar-refractivity contribution in [3.63, 3.8) is 0 Å². The minimum atomic E-state index is 0.236. The van der Waals surface area contributed by atoms with Gasteiger partial charge in [0.1, 0.15) is 0 Å². The molecule has 0 spiro atoms. The van der Waals surface area contributed by atoms with Crippen LogP contribution >= 0.6 is 0 Å². The Kier molecular flexibility index (Phi) is 3.37. The smallest absolute Gasteiger partial charge is 0.0994 e. The van der Waals surface area contributed by atoms with Crippen LogP contribution < -0.4 is 0 Å². The summed E-state index contributed by atoms with van der Waals surface area (Å²) in [5.41, 5.74) is 2.40. The lowest BCUT2D eigenvalue weighted by molar-refractivity contribution is 0.0123. The first-order valence-electron chi connectivity index (χ1n) is 5.85. The maximum absolute atomic E-state index is 5.70. The molecule has 0 saturated carbocycles. The van der Waals surface area contributed by atoms with Gasteiger partial charge in [-0.25, -0.2) is 0 Å². The highest BCUT2D eigenvalue weighted by Gasteiger charge is 2.16. The van der Waals surface area contributed by atoms with E-state index in [1.807, 2.05) is 6.20 Å². The van der Waals surface area contributed by atoms with Crippen molar-refractivity contribution < 1.29 is 4.74 Å². The Morgan fingerprint density at radius 1 is 1.33 bits per heavy atom. The number of pyridine rings is 1. The maximum atomic E-state index is 5.70. The van der Waals surface area contributed by atoms with E-state index in [4.69, 9.17) is 4.74 Å².